The Kier molecular flexibility index (Phi) is 3.05. The van der Waals surface area contributed by atoms with Crippen LogP contribution in [0.4, 0.5) is 0 Å². The molecule has 4 heteroatoms. The van der Waals surface area contributed by atoms with E-state index in [9.17, 15) is 4.79 Å². The maximum atomic E-state index is 11.1. The normalized spacial score (nSPS) is 10.4. The molecule has 0 bridgehead atoms. The van der Waals surface area contributed by atoms with Crippen LogP contribution in [0, 0.1) is 0 Å². The Morgan fingerprint density at radius 2 is 1.75 bits per heavy atom. The van der Waals surface area contributed by atoms with Gasteiger partial charge in [-0.05, 0) is 36.4 Å². The van der Waals surface area contributed by atoms with E-state index in [1.165, 1.54) is 0 Å². The number of aromatic nitrogens is 1. The molecule has 3 aromatic rings. The van der Waals surface area contributed by atoms with Gasteiger partial charge in [-0.15, -0.1) is 0 Å². The summed E-state index contributed by atoms with van der Waals surface area (Å²) < 4.78 is 5.74. The summed E-state index contributed by atoms with van der Waals surface area (Å²) in [6, 6.07) is 18.4. The minimum atomic E-state index is -0.531. The van der Waals surface area contributed by atoms with Crippen molar-refractivity contribution >= 4 is 16.8 Å². The number of hydrogen-bond acceptors (Lipinski definition) is 3. The third-order valence-electron chi connectivity index (χ3n) is 2.89. The topological polar surface area (TPSA) is 65.2 Å². The molecule has 1 heterocycles. The number of rotatable bonds is 3. The first kappa shape index (κ1) is 12.2. The van der Waals surface area contributed by atoms with Crippen molar-refractivity contribution in [2.75, 3.05) is 0 Å². The van der Waals surface area contributed by atoms with Crippen LogP contribution >= 0.6 is 0 Å². The van der Waals surface area contributed by atoms with E-state index in [-0.39, 0.29) is 5.69 Å². The van der Waals surface area contributed by atoms with Crippen molar-refractivity contribution in [3.8, 4) is 11.5 Å². The van der Waals surface area contributed by atoms with Gasteiger partial charge in [-0.1, -0.05) is 24.3 Å². The standard InChI is InChI=1S/C16H12N2O2/c17-16(19)15-8-6-11-10-13(7-9-14(11)18-15)20-12-4-2-1-3-5-12/h1-10H,(H2,17,19). The molecule has 2 aromatic carbocycles. The molecule has 1 aromatic heterocycles. The number of hydrogen-bond donors (Lipinski definition) is 1. The summed E-state index contributed by atoms with van der Waals surface area (Å²) in [6.07, 6.45) is 0. The number of carbonyl (C=O) groups is 1. The first-order valence-corrected chi connectivity index (χ1v) is 6.16. The van der Waals surface area contributed by atoms with E-state index >= 15 is 0 Å². The molecular formula is C16H12N2O2. The number of carbonyl (C=O) groups excluding carboxylic acids is 1. The third-order valence-corrected chi connectivity index (χ3v) is 2.89. The highest BCUT2D eigenvalue weighted by molar-refractivity contribution is 5.93. The zero-order valence-corrected chi connectivity index (χ0v) is 10.6. The van der Waals surface area contributed by atoms with Crippen LogP contribution in [-0.4, -0.2) is 10.9 Å². The summed E-state index contributed by atoms with van der Waals surface area (Å²) in [5.74, 6) is 0.961. The highest BCUT2D eigenvalue weighted by Gasteiger charge is 2.05. The molecule has 0 saturated carbocycles. The number of primary amides is 1. The van der Waals surface area contributed by atoms with Crippen molar-refractivity contribution in [2.24, 2.45) is 5.73 Å². The minimum Gasteiger partial charge on any atom is -0.457 e. The fourth-order valence-corrected chi connectivity index (χ4v) is 1.93. The maximum Gasteiger partial charge on any atom is 0.267 e. The summed E-state index contributed by atoms with van der Waals surface area (Å²) in [4.78, 5) is 15.3. The molecular weight excluding hydrogens is 252 g/mol. The van der Waals surface area contributed by atoms with Crippen molar-refractivity contribution in [3.05, 3.63) is 66.4 Å². The van der Waals surface area contributed by atoms with Crippen LogP contribution in [0.3, 0.4) is 0 Å². The first-order chi connectivity index (χ1) is 9.72. The quantitative estimate of drug-likeness (QED) is 0.790. The van der Waals surface area contributed by atoms with E-state index in [4.69, 9.17) is 10.5 Å². The zero-order chi connectivity index (χ0) is 13.9. The van der Waals surface area contributed by atoms with E-state index in [0.717, 1.165) is 16.9 Å². The Morgan fingerprint density at radius 1 is 0.950 bits per heavy atom. The van der Waals surface area contributed by atoms with Crippen LogP contribution in [0.15, 0.2) is 60.7 Å². The molecule has 3 rings (SSSR count). The van der Waals surface area contributed by atoms with Crippen molar-refractivity contribution in [1.82, 2.24) is 4.98 Å². The van der Waals surface area contributed by atoms with Gasteiger partial charge in [-0.3, -0.25) is 4.79 Å². The van der Waals surface area contributed by atoms with Gasteiger partial charge in [-0.25, -0.2) is 4.98 Å². The Hall–Kier alpha value is -2.88. The number of para-hydroxylation sites is 1. The molecule has 0 fully saturated rings. The first-order valence-electron chi connectivity index (χ1n) is 6.16. The van der Waals surface area contributed by atoms with Crippen molar-refractivity contribution in [3.63, 3.8) is 0 Å². The van der Waals surface area contributed by atoms with Gasteiger partial charge >= 0.3 is 0 Å². The molecule has 0 aliphatic heterocycles. The minimum absolute atomic E-state index is 0.259. The monoisotopic (exact) mass is 264 g/mol. The number of nitrogens with zero attached hydrogens (tertiary/aromatic N) is 1. The van der Waals surface area contributed by atoms with Crippen LogP contribution in [0.25, 0.3) is 10.9 Å². The number of pyridine rings is 1. The van der Waals surface area contributed by atoms with Crippen LogP contribution in [-0.2, 0) is 0 Å². The van der Waals surface area contributed by atoms with Crippen LogP contribution < -0.4 is 10.5 Å². The number of amides is 1. The second kappa shape index (κ2) is 5.01. The smallest absolute Gasteiger partial charge is 0.267 e. The van der Waals surface area contributed by atoms with Crippen molar-refractivity contribution in [1.29, 1.82) is 0 Å². The van der Waals surface area contributed by atoms with Gasteiger partial charge in [0, 0.05) is 5.39 Å². The van der Waals surface area contributed by atoms with Crippen LogP contribution in [0.2, 0.25) is 0 Å². The van der Waals surface area contributed by atoms with E-state index in [1.807, 2.05) is 42.5 Å². The fraction of sp³-hybridized carbons (Fsp3) is 0. The molecule has 1 amide bonds. The molecule has 0 unspecified atom stereocenters. The average molecular weight is 264 g/mol. The molecule has 0 aliphatic carbocycles. The fourth-order valence-electron chi connectivity index (χ4n) is 1.93. The van der Waals surface area contributed by atoms with Crippen molar-refractivity contribution in [2.45, 2.75) is 0 Å². The zero-order valence-electron chi connectivity index (χ0n) is 10.6. The highest BCUT2D eigenvalue weighted by atomic mass is 16.5. The number of benzene rings is 2. The lowest BCUT2D eigenvalue weighted by molar-refractivity contribution is 0.0996. The largest absolute Gasteiger partial charge is 0.457 e. The lowest BCUT2D eigenvalue weighted by Crippen LogP contribution is -2.12. The lowest BCUT2D eigenvalue weighted by Gasteiger charge is -2.06. The molecule has 2 N–H and O–H groups in total. The predicted octanol–water partition coefficient (Wildman–Crippen LogP) is 3.13. The van der Waals surface area contributed by atoms with E-state index in [2.05, 4.69) is 4.98 Å². The van der Waals surface area contributed by atoms with E-state index in [0.29, 0.717) is 5.52 Å². The molecule has 20 heavy (non-hydrogen) atoms. The van der Waals surface area contributed by atoms with Gasteiger partial charge in [0.15, 0.2) is 0 Å². The van der Waals surface area contributed by atoms with Gasteiger partial charge in [0.25, 0.3) is 5.91 Å². The summed E-state index contributed by atoms with van der Waals surface area (Å²) in [7, 11) is 0. The van der Waals surface area contributed by atoms with Gasteiger partial charge < -0.3 is 10.5 Å². The lowest BCUT2D eigenvalue weighted by atomic mass is 10.2. The van der Waals surface area contributed by atoms with E-state index < -0.39 is 5.91 Å². The van der Waals surface area contributed by atoms with Crippen LogP contribution in [0.5, 0.6) is 11.5 Å². The maximum absolute atomic E-state index is 11.1. The van der Waals surface area contributed by atoms with Gasteiger partial charge in [0.05, 0.1) is 5.52 Å². The second-order valence-electron chi connectivity index (χ2n) is 4.33. The van der Waals surface area contributed by atoms with Crippen molar-refractivity contribution < 1.29 is 9.53 Å². The van der Waals surface area contributed by atoms with Gasteiger partial charge in [0.1, 0.15) is 17.2 Å². The molecule has 98 valence electrons. The predicted molar refractivity (Wildman–Crippen MR) is 76.8 cm³/mol. The molecule has 0 aliphatic rings. The summed E-state index contributed by atoms with van der Waals surface area (Å²) in [5.41, 5.74) is 6.18. The number of nitrogens with two attached hydrogens (primary N) is 1. The Morgan fingerprint density at radius 3 is 2.50 bits per heavy atom. The Balaban J connectivity index is 1.95. The molecule has 0 spiro atoms. The van der Waals surface area contributed by atoms with Gasteiger partial charge in [-0.2, -0.15) is 0 Å². The Bertz CT molecular complexity index is 770. The van der Waals surface area contributed by atoms with Crippen LogP contribution in [0.1, 0.15) is 10.5 Å². The number of fused-ring (bicyclic) bond motifs is 1. The number of ether oxygens (including phenoxy) is 1. The second-order valence-corrected chi connectivity index (χ2v) is 4.33. The van der Waals surface area contributed by atoms with Gasteiger partial charge in [0.2, 0.25) is 0 Å². The molecule has 0 radical (unpaired) electrons. The summed E-state index contributed by atoms with van der Waals surface area (Å²) in [5, 5.41) is 0.892. The third kappa shape index (κ3) is 2.44. The van der Waals surface area contributed by atoms with E-state index in [1.54, 1.807) is 18.2 Å². The SMILES string of the molecule is NC(=O)c1ccc2cc(Oc3ccccc3)ccc2n1. The molecule has 0 saturated heterocycles. The summed E-state index contributed by atoms with van der Waals surface area (Å²) in [6.45, 7) is 0. The Labute approximate surface area is 115 Å². The highest BCUT2D eigenvalue weighted by Crippen LogP contribution is 2.24. The molecule has 0 atom stereocenters. The summed E-state index contributed by atoms with van der Waals surface area (Å²) >= 11 is 0. The molecule has 4 nitrogen and oxygen atoms in total. The average Bonchev–Trinajstić information content (AvgIpc) is 2.47.